The maximum absolute atomic E-state index is 3.68. The van der Waals surface area contributed by atoms with E-state index >= 15 is 0 Å². The van der Waals surface area contributed by atoms with Gasteiger partial charge in [-0.05, 0) is 40.8 Å². The average Bonchev–Trinajstić information content (AvgIpc) is 2.18. The molecule has 0 heterocycles. The van der Waals surface area contributed by atoms with E-state index in [1.165, 1.54) is 25.7 Å². The second-order valence-corrected chi connectivity index (χ2v) is 5.34. The Morgan fingerprint density at radius 2 is 1.80 bits per heavy atom. The summed E-state index contributed by atoms with van der Waals surface area (Å²) in [6.07, 6.45) is 5.20. The van der Waals surface area contributed by atoms with Gasteiger partial charge in [-0.25, -0.2) is 0 Å². The molecule has 0 bridgehead atoms. The van der Waals surface area contributed by atoms with E-state index in [9.17, 15) is 0 Å². The van der Waals surface area contributed by atoms with Crippen LogP contribution < -0.4 is 5.32 Å². The first-order valence-corrected chi connectivity index (χ1v) is 6.34. The Morgan fingerprint density at radius 1 is 1.20 bits per heavy atom. The molecule has 0 aliphatic rings. The fraction of sp³-hybridized carbons (Fsp3) is 1.00. The topological polar surface area (TPSA) is 15.3 Å². The number of hydrogen-bond acceptors (Lipinski definition) is 2. The summed E-state index contributed by atoms with van der Waals surface area (Å²) in [7, 11) is 4.29. The van der Waals surface area contributed by atoms with Gasteiger partial charge in [-0.1, -0.05) is 26.7 Å². The molecule has 1 N–H and O–H groups in total. The summed E-state index contributed by atoms with van der Waals surface area (Å²) in [5.74, 6) is 0. The van der Waals surface area contributed by atoms with E-state index in [1.54, 1.807) is 0 Å². The number of hydrogen-bond donors (Lipinski definition) is 1. The quantitative estimate of drug-likeness (QED) is 0.668. The second-order valence-electron chi connectivity index (χ2n) is 5.34. The molecule has 0 saturated carbocycles. The van der Waals surface area contributed by atoms with Gasteiger partial charge in [0, 0.05) is 18.1 Å². The first-order chi connectivity index (χ1) is 6.94. The fourth-order valence-corrected chi connectivity index (χ4v) is 1.45. The monoisotopic (exact) mass is 214 g/mol. The first-order valence-electron chi connectivity index (χ1n) is 6.34. The van der Waals surface area contributed by atoms with E-state index in [1.807, 2.05) is 0 Å². The molecule has 0 aliphatic heterocycles. The van der Waals surface area contributed by atoms with Crippen LogP contribution in [0.5, 0.6) is 0 Å². The lowest BCUT2D eigenvalue weighted by Crippen LogP contribution is -2.49. The van der Waals surface area contributed by atoms with Crippen LogP contribution in [0.2, 0.25) is 0 Å². The summed E-state index contributed by atoms with van der Waals surface area (Å²) in [5.41, 5.74) is 0.250. The Bertz CT molecular complexity index is 153. The van der Waals surface area contributed by atoms with Gasteiger partial charge in [-0.3, -0.25) is 0 Å². The van der Waals surface area contributed by atoms with Gasteiger partial charge < -0.3 is 10.2 Å². The van der Waals surface area contributed by atoms with Crippen molar-refractivity contribution >= 4 is 0 Å². The highest BCUT2D eigenvalue weighted by Gasteiger charge is 2.20. The summed E-state index contributed by atoms with van der Waals surface area (Å²) < 4.78 is 0. The van der Waals surface area contributed by atoms with Crippen molar-refractivity contribution in [2.45, 2.75) is 65.0 Å². The minimum atomic E-state index is 0.250. The van der Waals surface area contributed by atoms with Crippen LogP contribution in [-0.4, -0.2) is 37.1 Å². The Balaban J connectivity index is 3.88. The first kappa shape index (κ1) is 14.9. The standard InChI is InChI=1S/C13H30N2/c1-7-9-10-12(8-2)14-11-13(3,4)15(5)6/h12,14H,7-11H2,1-6H3. The van der Waals surface area contributed by atoms with E-state index in [-0.39, 0.29) is 5.54 Å². The highest BCUT2D eigenvalue weighted by molar-refractivity contribution is 4.81. The van der Waals surface area contributed by atoms with Crippen molar-refractivity contribution in [1.29, 1.82) is 0 Å². The van der Waals surface area contributed by atoms with Gasteiger partial charge in [0.2, 0.25) is 0 Å². The molecule has 0 rings (SSSR count). The number of rotatable bonds is 8. The molecular formula is C13H30N2. The van der Waals surface area contributed by atoms with Crippen LogP contribution in [0.25, 0.3) is 0 Å². The molecular weight excluding hydrogens is 184 g/mol. The molecule has 0 aromatic carbocycles. The van der Waals surface area contributed by atoms with Crippen molar-refractivity contribution < 1.29 is 0 Å². The molecule has 1 atom stereocenters. The number of nitrogens with zero attached hydrogens (tertiary/aromatic N) is 1. The van der Waals surface area contributed by atoms with Gasteiger partial charge in [0.25, 0.3) is 0 Å². The third kappa shape index (κ3) is 6.16. The normalized spacial score (nSPS) is 14.6. The maximum atomic E-state index is 3.68. The minimum Gasteiger partial charge on any atom is -0.312 e. The van der Waals surface area contributed by atoms with E-state index < -0.39 is 0 Å². The molecule has 0 fully saturated rings. The molecule has 0 aromatic rings. The van der Waals surface area contributed by atoms with E-state index in [0.29, 0.717) is 6.04 Å². The molecule has 0 aromatic heterocycles. The molecule has 2 heteroatoms. The number of nitrogens with one attached hydrogen (secondary N) is 1. The molecule has 2 nitrogen and oxygen atoms in total. The van der Waals surface area contributed by atoms with Crippen LogP contribution in [-0.2, 0) is 0 Å². The summed E-state index contributed by atoms with van der Waals surface area (Å²) in [6.45, 7) is 10.2. The van der Waals surface area contributed by atoms with Gasteiger partial charge >= 0.3 is 0 Å². The minimum absolute atomic E-state index is 0.250. The van der Waals surface area contributed by atoms with Crippen molar-refractivity contribution in [1.82, 2.24) is 10.2 Å². The lowest BCUT2D eigenvalue weighted by atomic mass is 10.0. The molecule has 92 valence electrons. The van der Waals surface area contributed by atoms with Gasteiger partial charge in [-0.2, -0.15) is 0 Å². The van der Waals surface area contributed by atoms with Crippen LogP contribution in [0, 0.1) is 0 Å². The van der Waals surface area contributed by atoms with Crippen molar-refractivity contribution in [2.24, 2.45) is 0 Å². The van der Waals surface area contributed by atoms with Crippen LogP contribution in [0.4, 0.5) is 0 Å². The van der Waals surface area contributed by atoms with Crippen LogP contribution in [0.3, 0.4) is 0 Å². The van der Waals surface area contributed by atoms with Gasteiger partial charge in [0.05, 0.1) is 0 Å². The molecule has 0 amide bonds. The summed E-state index contributed by atoms with van der Waals surface area (Å²) in [4.78, 5) is 2.28. The molecule has 15 heavy (non-hydrogen) atoms. The lowest BCUT2D eigenvalue weighted by molar-refractivity contribution is 0.182. The number of likely N-dealkylation sites (N-methyl/N-ethyl adjacent to an activating group) is 1. The third-order valence-electron chi connectivity index (χ3n) is 3.43. The molecule has 0 aliphatic carbocycles. The van der Waals surface area contributed by atoms with E-state index in [0.717, 1.165) is 6.54 Å². The van der Waals surface area contributed by atoms with Crippen molar-refractivity contribution in [3.63, 3.8) is 0 Å². The summed E-state index contributed by atoms with van der Waals surface area (Å²) in [6, 6.07) is 0.698. The lowest BCUT2D eigenvalue weighted by Gasteiger charge is -2.34. The van der Waals surface area contributed by atoms with Gasteiger partial charge in [-0.15, -0.1) is 0 Å². The Morgan fingerprint density at radius 3 is 2.20 bits per heavy atom. The van der Waals surface area contributed by atoms with Crippen molar-refractivity contribution in [2.75, 3.05) is 20.6 Å². The van der Waals surface area contributed by atoms with Crippen molar-refractivity contribution in [3.8, 4) is 0 Å². The predicted octanol–water partition coefficient (Wildman–Crippen LogP) is 2.89. The third-order valence-corrected chi connectivity index (χ3v) is 3.43. The Hall–Kier alpha value is -0.0800. The predicted molar refractivity (Wildman–Crippen MR) is 69.4 cm³/mol. The van der Waals surface area contributed by atoms with Gasteiger partial charge in [0.15, 0.2) is 0 Å². The Labute approximate surface area is 96.4 Å². The zero-order valence-corrected chi connectivity index (χ0v) is 11.6. The van der Waals surface area contributed by atoms with Gasteiger partial charge in [0.1, 0.15) is 0 Å². The SMILES string of the molecule is CCCCC(CC)NCC(C)(C)N(C)C. The smallest absolute Gasteiger partial charge is 0.0271 e. The Kier molecular flexibility index (Phi) is 7.20. The average molecular weight is 214 g/mol. The van der Waals surface area contributed by atoms with Crippen LogP contribution in [0.1, 0.15) is 53.4 Å². The zero-order chi connectivity index (χ0) is 11.9. The maximum Gasteiger partial charge on any atom is 0.0271 e. The highest BCUT2D eigenvalue weighted by Crippen LogP contribution is 2.10. The number of unbranched alkanes of at least 4 members (excludes halogenated alkanes) is 1. The fourth-order valence-electron chi connectivity index (χ4n) is 1.45. The summed E-state index contributed by atoms with van der Waals surface area (Å²) in [5, 5.41) is 3.68. The summed E-state index contributed by atoms with van der Waals surface area (Å²) >= 11 is 0. The van der Waals surface area contributed by atoms with E-state index in [2.05, 4.69) is 52.0 Å². The highest BCUT2D eigenvalue weighted by atomic mass is 15.2. The largest absolute Gasteiger partial charge is 0.312 e. The van der Waals surface area contributed by atoms with Crippen LogP contribution in [0.15, 0.2) is 0 Å². The molecule has 1 unspecified atom stereocenters. The van der Waals surface area contributed by atoms with E-state index in [4.69, 9.17) is 0 Å². The molecule has 0 radical (unpaired) electrons. The zero-order valence-electron chi connectivity index (χ0n) is 11.6. The molecule has 0 saturated heterocycles. The second kappa shape index (κ2) is 7.24. The van der Waals surface area contributed by atoms with Crippen molar-refractivity contribution in [3.05, 3.63) is 0 Å². The van der Waals surface area contributed by atoms with Crippen LogP contribution >= 0.6 is 0 Å². The molecule has 0 spiro atoms.